The number of nitrogens with zero attached hydrogens (tertiary/aromatic N) is 1. The molecule has 0 amide bonds. The van der Waals surface area contributed by atoms with E-state index in [1.807, 2.05) is 24.9 Å². The third kappa shape index (κ3) is 2.11. The molecule has 1 unspecified atom stereocenters. The Balaban J connectivity index is 2.23. The van der Waals surface area contributed by atoms with Crippen LogP contribution in [0.3, 0.4) is 0 Å². The Hall–Kier alpha value is -1.19. The van der Waals surface area contributed by atoms with Gasteiger partial charge in [-0.15, -0.1) is 18.3 Å². The normalized spacial score (nSPS) is 18.5. The molecule has 0 aliphatic carbocycles. The van der Waals surface area contributed by atoms with Gasteiger partial charge >= 0.3 is 0 Å². The maximum Gasteiger partial charge on any atom is 0.0497 e. The zero-order chi connectivity index (χ0) is 13.2. The lowest BCUT2D eigenvalue weighted by atomic mass is 10.0. The van der Waals surface area contributed by atoms with Crippen molar-refractivity contribution in [2.75, 3.05) is 19.3 Å². The van der Waals surface area contributed by atoms with E-state index >= 15 is 0 Å². The molecule has 2 heterocycles. The quantitative estimate of drug-likeness (QED) is 0.856. The summed E-state index contributed by atoms with van der Waals surface area (Å²) in [5.74, 6) is 1.84. The van der Waals surface area contributed by atoms with E-state index < -0.39 is 0 Å². The fourth-order valence-electron chi connectivity index (χ4n) is 3.06. The molecule has 0 radical (unpaired) electrons. The predicted molar refractivity (Wildman–Crippen MR) is 84.1 cm³/mol. The number of aromatic nitrogens is 1. The average Bonchev–Trinajstić information content (AvgIpc) is 2.76. The molecule has 3 rings (SSSR count). The maximum absolute atomic E-state index is 3.92. The first kappa shape index (κ1) is 12.8. The maximum atomic E-state index is 3.92. The van der Waals surface area contributed by atoms with Crippen LogP contribution in [0.5, 0.6) is 0 Å². The van der Waals surface area contributed by atoms with Crippen LogP contribution < -0.4 is 5.32 Å². The number of rotatable bonds is 4. The second-order valence-electron chi connectivity index (χ2n) is 5.02. The Morgan fingerprint density at radius 2 is 2.32 bits per heavy atom. The first-order chi connectivity index (χ1) is 9.36. The summed E-state index contributed by atoms with van der Waals surface area (Å²) in [5.41, 5.74) is 2.86. The molecule has 1 N–H and O–H groups in total. The molecule has 3 heteroatoms. The zero-order valence-electron chi connectivity index (χ0n) is 11.4. The third-order valence-corrected chi connectivity index (χ3v) is 4.98. The third-order valence-electron chi connectivity index (χ3n) is 3.82. The van der Waals surface area contributed by atoms with Crippen LogP contribution in [0.15, 0.2) is 41.8 Å². The van der Waals surface area contributed by atoms with Crippen molar-refractivity contribution in [3.63, 3.8) is 0 Å². The van der Waals surface area contributed by atoms with Crippen molar-refractivity contribution in [1.82, 2.24) is 9.88 Å². The highest BCUT2D eigenvalue weighted by Crippen LogP contribution is 2.43. The molecule has 2 nitrogen and oxygen atoms in total. The fourth-order valence-corrected chi connectivity index (χ4v) is 4.42. The van der Waals surface area contributed by atoms with Gasteiger partial charge in [0.25, 0.3) is 0 Å². The second kappa shape index (κ2) is 5.43. The van der Waals surface area contributed by atoms with Gasteiger partial charge in [-0.2, -0.15) is 0 Å². The molecule has 1 aromatic carbocycles. The molecular formula is C16H20N2S. The van der Waals surface area contributed by atoms with Crippen LogP contribution in [0.4, 0.5) is 0 Å². The zero-order valence-corrected chi connectivity index (χ0v) is 12.2. The highest BCUT2D eigenvalue weighted by Gasteiger charge is 2.27. The second-order valence-corrected chi connectivity index (χ2v) is 6.13. The van der Waals surface area contributed by atoms with Crippen LogP contribution in [-0.2, 0) is 6.54 Å². The Morgan fingerprint density at radius 1 is 1.47 bits per heavy atom. The van der Waals surface area contributed by atoms with Crippen LogP contribution in [0.1, 0.15) is 18.0 Å². The number of allylic oxidation sites excluding steroid dienone is 1. The van der Waals surface area contributed by atoms with Gasteiger partial charge in [0.05, 0.1) is 0 Å². The van der Waals surface area contributed by atoms with Crippen molar-refractivity contribution in [3.8, 4) is 0 Å². The van der Waals surface area contributed by atoms with Gasteiger partial charge in [0, 0.05) is 40.5 Å². The van der Waals surface area contributed by atoms with E-state index in [0.29, 0.717) is 5.92 Å². The summed E-state index contributed by atoms with van der Waals surface area (Å²) in [7, 11) is 2.04. The fraction of sp³-hybridized carbons (Fsp3) is 0.375. The van der Waals surface area contributed by atoms with E-state index in [0.717, 1.165) is 13.1 Å². The largest absolute Gasteiger partial charge is 0.339 e. The van der Waals surface area contributed by atoms with Crippen molar-refractivity contribution in [2.45, 2.75) is 23.8 Å². The van der Waals surface area contributed by atoms with Gasteiger partial charge in [-0.1, -0.05) is 24.3 Å². The minimum absolute atomic E-state index is 0.619. The number of likely N-dealkylation sites (N-methyl/N-ethyl adjacent to an activating group) is 1. The average molecular weight is 272 g/mol. The molecule has 2 aromatic rings. The van der Waals surface area contributed by atoms with E-state index in [9.17, 15) is 0 Å². The van der Waals surface area contributed by atoms with Gasteiger partial charge < -0.3 is 9.88 Å². The molecule has 0 bridgehead atoms. The summed E-state index contributed by atoms with van der Waals surface area (Å²) in [5, 5.41) is 4.75. The van der Waals surface area contributed by atoms with Gasteiger partial charge in [0.15, 0.2) is 0 Å². The Kier molecular flexibility index (Phi) is 3.67. The van der Waals surface area contributed by atoms with Gasteiger partial charge in [0.1, 0.15) is 0 Å². The number of thioether (sulfide) groups is 1. The predicted octanol–water partition coefficient (Wildman–Crippen LogP) is 3.63. The summed E-state index contributed by atoms with van der Waals surface area (Å²) in [6, 6.07) is 8.75. The monoisotopic (exact) mass is 272 g/mol. The van der Waals surface area contributed by atoms with E-state index in [-0.39, 0.29) is 0 Å². The van der Waals surface area contributed by atoms with Crippen molar-refractivity contribution in [3.05, 3.63) is 42.6 Å². The van der Waals surface area contributed by atoms with Crippen molar-refractivity contribution >= 4 is 22.7 Å². The first-order valence-corrected chi connectivity index (χ1v) is 7.84. The van der Waals surface area contributed by atoms with Gasteiger partial charge in [-0.3, -0.25) is 0 Å². The van der Waals surface area contributed by atoms with E-state index in [1.54, 1.807) is 0 Å². The van der Waals surface area contributed by atoms with Gasteiger partial charge in [-0.05, 0) is 25.3 Å². The van der Waals surface area contributed by atoms with E-state index in [4.69, 9.17) is 0 Å². The number of nitrogens with one attached hydrogen (secondary N) is 1. The van der Waals surface area contributed by atoms with Crippen LogP contribution in [0.2, 0.25) is 0 Å². The first-order valence-electron chi connectivity index (χ1n) is 6.86. The van der Waals surface area contributed by atoms with Crippen molar-refractivity contribution in [2.24, 2.45) is 0 Å². The van der Waals surface area contributed by atoms with E-state index in [1.165, 1.54) is 33.7 Å². The molecule has 0 spiro atoms. The Morgan fingerprint density at radius 3 is 3.11 bits per heavy atom. The molecule has 1 atom stereocenters. The summed E-state index contributed by atoms with van der Waals surface area (Å²) in [6.45, 7) is 5.88. The number of benzene rings is 1. The molecule has 1 aromatic heterocycles. The van der Waals surface area contributed by atoms with Crippen LogP contribution in [0, 0.1) is 0 Å². The minimum atomic E-state index is 0.619. The van der Waals surface area contributed by atoms with Crippen LogP contribution >= 0.6 is 11.8 Å². The standard InChI is InChI=1S/C16H20N2S/c1-3-9-18-14-7-5-4-6-13(14)16-15(18)12(11-17-2)8-10-19-16/h3-7,12,17H,1,8-11H2,2H3. The number of para-hydroxylation sites is 1. The number of fused-ring (bicyclic) bond motifs is 3. The van der Waals surface area contributed by atoms with Gasteiger partial charge in [0.2, 0.25) is 0 Å². The summed E-state index contributed by atoms with van der Waals surface area (Å²) < 4.78 is 2.45. The molecule has 100 valence electrons. The van der Waals surface area contributed by atoms with Crippen LogP contribution in [-0.4, -0.2) is 23.9 Å². The number of hydrogen-bond acceptors (Lipinski definition) is 2. The molecular weight excluding hydrogens is 252 g/mol. The molecule has 1 aliphatic rings. The lowest BCUT2D eigenvalue weighted by Crippen LogP contribution is -2.22. The van der Waals surface area contributed by atoms with Crippen molar-refractivity contribution < 1.29 is 0 Å². The highest BCUT2D eigenvalue weighted by atomic mass is 32.2. The molecule has 1 aliphatic heterocycles. The molecule has 0 saturated heterocycles. The summed E-state index contributed by atoms with van der Waals surface area (Å²) in [6.07, 6.45) is 3.26. The van der Waals surface area contributed by atoms with Crippen molar-refractivity contribution in [1.29, 1.82) is 0 Å². The lowest BCUT2D eigenvalue weighted by molar-refractivity contribution is 0.560. The summed E-state index contributed by atoms with van der Waals surface area (Å²) >= 11 is 2.01. The lowest BCUT2D eigenvalue weighted by Gasteiger charge is -2.24. The van der Waals surface area contributed by atoms with E-state index in [2.05, 4.69) is 40.7 Å². The Bertz CT molecular complexity index is 600. The Labute approximate surface area is 118 Å². The topological polar surface area (TPSA) is 17.0 Å². The molecule has 0 saturated carbocycles. The smallest absolute Gasteiger partial charge is 0.0497 e. The molecule has 19 heavy (non-hydrogen) atoms. The summed E-state index contributed by atoms with van der Waals surface area (Å²) in [4.78, 5) is 1.49. The van der Waals surface area contributed by atoms with Gasteiger partial charge in [-0.25, -0.2) is 0 Å². The highest BCUT2D eigenvalue weighted by molar-refractivity contribution is 7.99. The number of hydrogen-bond donors (Lipinski definition) is 1. The molecule has 0 fully saturated rings. The SMILES string of the molecule is C=CCn1c2c(c3ccccc31)SCCC2CNC. The van der Waals surface area contributed by atoms with Crippen LogP contribution in [0.25, 0.3) is 10.9 Å². The minimum Gasteiger partial charge on any atom is -0.339 e.